The van der Waals surface area contributed by atoms with Gasteiger partial charge in [-0.05, 0) is 54.8 Å². The van der Waals surface area contributed by atoms with Crippen LogP contribution in [0.5, 0.6) is 0 Å². The number of piperidine rings is 1. The fourth-order valence-electron chi connectivity index (χ4n) is 2.79. The van der Waals surface area contributed by atoms with Gasteiger partial charge in [-0.1, -0.05) is 12.5 Å². The minimum atomic E-state index is -3.45. The monoisotopic (exact) mass is 371 g/mol. The smallest absolute Gasteiger partial charge is 0.248 e. The van der Waals surface area contributed by atoms with Crippen LogP contribution in [0.25, 0.3) is 6.08 Å². The molecule has 1 saturated heterocycles. The van der Waals surface area contributed by atoms with E-state index >= 15 is 0 Å². The maximum atomic E-state index is 12.6. The third-order valence-electron chi connectivity index (χ3n) is 4.19. The Balaban J connectivity index is 1.64. The average molecular weight is 371 g/mol. The summed E-state index contributed by atoms with van der Waals surface area (Å²) in [5.41, 5.74) is 1.37. The lowest BCUT2D eigenvalue weighted by molar-refractivity contribution is -0.111. The molecule has 1 aromatic carbocycles. The van der Waals surface area contributed by atoms with E-state index < -0.39 is 10.0 Å². The Morgan fingerprint density at radius 1 is 1.08 bits per heavy atom. The van der Waals surface area contributed by atoms with Gasteiger partial charge in [-0.25, -0.2) is 8.42 Å². The summed E-state index contributed by atoms with van der Waals surface area (Å²) in [4.78, 5) is 16.2. The number of pyridine rings is 1. The number of benzene rings is 1. The van der Waals surface area contributed by atoms with Crippen molar-refractivity contribution in [3.63, 3.8) is 0 Å². The van der Waals surface area contributed by atoms with Crippen molar-refractivity contribution in [2.45, 2.75) is 24.2 Å². The second-order valence-corrected chi connectivity index (χ2v) is 8.04. The number of anilines is 1. The Morgan fingerprint density at radius 3 is 2.46 bits per heavy atom. The average Bonchev–Trinajstić information content (AvgIpc) is 2.68. The predicted molar refractivity (Wildman–Crippen MR) is 101 cm³/mol. The zero-order chi connectivity index (χ0) is 18.4. The molecule has 0 unspecified atom stereocenters. The molecular formula is C19H21N3O3S. The molecule has 0 radical (unpaired) electrons. The highest BCUT2D eigenvalue weighted by molar-refractivity contribution is 7.89. The van der Waals surface area contributed by atoms with Gasteiger partial charge in [-0.3, -0.25) is 9.78 Å². The molecule has 7 heteroatoms. The number of carbonyl (C=O) groups excluding carboxylic acids is 1. The van der Waals surface area contributed by atoms with Crippen molar-refractivity contribution in [1.29, 1.82) is 0 Å². The van der Waals surface area contributed by atoms with E-state index in [9.17, 15) is 13.2 Å². The Kier molecular flexibility index (Phi) is 5.80. The predicted octanol–water partition coefficient (Wildman–Crippen LogP) is 2.91. The number of nitrogens with one attached hydrogen (secondary N) is 1. The van der Waals surface area contributed by atoms with E-state index in [1.54, 1.807) is 36.7 Å². The van der Waals surface area contributed by atoms with Crippen LogP contribution >= 0.6 is 0 Å². The van der Waals surface area contributed by atoms with Crippen molar-refractivity contribution in [2.24, 2.45) is 0 Å². The highest BCUT2D eigenvalue weighted by Crippen LogP contribution is 2.22. The molecule has 0 atom stereocenters. The topological polar surface area (TPSA) is 79.4 Å². The normalized spacial score (nSPS) is 15.8. The largest absolute Gasteiger partial charge is 0.323 e. The van der Waals surface area contributed by atoms with Crippen LogP contribution in [0.3, 0.4) is 0 Å². The van der Waals surface area contributed by atoms with Gasteiger partial charge in [0, 0.05) is 37.2 Å². The standard InChI is InChI=1S/C19H21N3O3S/c23-19(11-6-16-5-4-12-20-15-16)21-17-7-9-18(10-8-17)26(24,25)22-13-2-1-3-14-22/h4-12,15H,1-3,13-14H2,(H,21,23)/b11-6+. The Hall–Kier alpha value is -2.51. The molecule has 1 aliphatic heterocycles. The first-order valence-corrected chi connectivity index (χ1v) is 9.99. The number of sulfonamides is 1. The molecule has 0 bridgehead atoms. The van der Waals surface area contributed by atoms with Crippen molar-refractivity contribution in [1.82, 2.24) is 9.29 Å². The molecule has 2 heterocycles. The lowest BCUT2D eigenvalue weighted by Gasteiger charge is -2.25. The van der Waals surface area contributed by atoms with Crippen molar-refractivity contribution in [3.8, 4) is 0 Å². The van der Waals surface area contributed by atoms with Crippen LogP contribution in [-0.2, 0) is 14.8 Å². The van der Waals surface area contributed by atoms with Gasteiger partial charge in [-0.2, -0.15) is 4.31 Å². The number of nitrogens with zero attached hydrogens (tertiary/aromatic N) is 2. The summed E-state index contributed by atoms with van der Waals surface area (Å²) in [5.74, 6) is -0.291. The van der Waals surface area contributed by atoms with Gasteiger partial charge in [0.15, 0.2) is 0 Å². The number of aromatic nitrogens is 1. The summed E-state index contributed by atoms with van der Waals surface area (Å²) < 4.78 is 26.7. The second kappa shape index (κ2) is 8.25. The molecule has 1 aromatic heterocycles. The first kappa shape index (κ1) is 18.3. The highest BCUT2D eigenvalue weighted by Gasteiger charge is 2.25. The molecular weight excluding hydrogens is 350 g/mol. The fraction of sp³-hybridized carbons (Fsp3) is 0.263. The first-order chi connectivity index (χ1) is 12.6. The molecule has 26 heavy (non-hydrogen) atoms. The lowest BCUT2D eigenvalue weighted by Crippen LogP contribution is -2.35. The highest BCUT2D eigenvalue weighted by atomic mass is 32.2. The number of hydrogen-bond acceptors (Lipinski definition) is 4. The number of rotatable bonds is 5. The lowest BCUT2D eigenvalue weighted by atomic mass is 10.2. The third kappa shape index (κ3) is 4.56. The van der Waals surface area contributed by atoms with Crippen molar-refractivity contribution in [3.05, 3.63) is 60.4 Å². The van der Waals surface area contributed by atoms with E-state index in [4.69, 9.17) is 0 Å². The quantitative estimate of drug-likeness (QED) is 0.820. The Bertz CT molecular complexity index is 872. The van der Waals surface area contributed by atoms with Gasteiger partial charge in [-0.15, -0.1) is 0 Å². The van der Waals surface area contributed by atoms with E-state index in [1.165, 1.54) is 22.5 Å². The molecule has 3 rings (SSSR count). The third-order valence-corrected chi connectivity index (χ3v) is 6.10. The number of hydrogen-bond donors (Lipinski definition) is 1. The van der Waals surface area contributed by atoms with Gasteiger partial charge >= 0.3 is 0 Å². The van der Waals surface area contributed by atoms with Crippen LogP contribution in [0, 0.1) is 0 Å². The molecule has 0 saturated carbocycles. The van der Waals surface area contributed by atoms with E-state index in [0.29, 0.717) is 18.8 Å². The number of amides is 1. The van der Waals surface area contributed by atoms with Crippen LogP contribution in [0.2, 0.25) is 0 Å². The molecule has 6 nitrogen and oxygen atoms in total. The van der Waals surface area contributed by atoms with Gasteiger partial charge in [0.25, 0.3) is 0 Å². The Labute approximate surface area is 153 Å². The molecule has 0 aliphatic carbocycles. The first-order valence-electron chi connectivity index (χ1n) is 8.55. The summed E-state index contributed by atoms with van der Waals surface area (Å²) in [6, 6.07) is 9.91. The molecule has 2 aromatic rings. The van der Waals surface area contributed by atoms with Gasteiger partial charge in [0.05, 0.1) is 4.90 Å². The minimum absolute atomic E-state index is 0.253. The molecule has 1 N–H and O–H groups in total. The molecule has 1 amide bonds. The van der Waals surface area contributed by atoms with E-state index in [-0.39, 0.29) is 10.8 Å². The zero-order valence-electron chi connectivity index (χ0n) is 14.3. The molecule has 1 fully saturated rings. The minimum Gasteiger partial charge on any atom is -0.323 e. The zero-order valence-corrected chi connectivity index (χ0v) is 15.2. The van der Waals surface area contributed by atoms with E-state index in [2.05, 4.69) is 10.3 Å². The van der Waals surface area contributed by atoms with E-state index in [0.717, 1.165) is 24.8 Å². The fourth-order valence-corrected chi connectivity index (χ4v) is 4.31. The van der Waals surface area contributed by atoms with Crippen molar-refractivity contribution < 1.29 is 13.2 Å². The van der Waals surface area contributed by atoms with Crippen LogP contribution in [0.15, 0.2) is 59.8 Å². The second-order valence-electron chi connectivity index (χ2n) is 6.10. The Morgan fingerprint density at radius 2 is 1.81 bits per heavy atom. The van der Waals surface area contributed by atoms with Crippen LogP contribution < -0.4 is 5.32 Å². The molecule has 1 aliphatic rings. The van der Waals surface area contributed by atoms with Crippen molar-refractivity contribution in [2.75, 3.05) is 18.4 Å². The van der Waals surface area contributed by atoms with E-state index in [1.807, 2.05) is 6.07 Å². The summed E-state index contributed by atoms with van der Waals surface area (Å²) in [6.45, 7) is 1.14. The number of carbonyl (C=O) groups is 1. The SMILES string of the molecule is O=C(/C=C/c1cccnc1)Nc1ccc(S(=O)(=O)N2CCCCC2)cc1. The maximum absolute atomic E-state index is 12.6. The van der Waals surface area contributed by atoms with Crippen LogP contribution in [-0.4, -0.2) is 36.7 Å². The van der Waals surface area contributed by atoms with Gasteiger partial charge in [0.1, 0.15) is 0 Å². The summed E-state index contributed by atoms with van der Waals surface area (Å²) in [5, 5.41) is 2.72. The van der Waals surface area contributed by atoms with Crippen LogP contribution in [0.1, 0.15) is 24.8 Å². The summed E-state index contributed by atoms with van der Waals surface area (Å²) in [6.07, 6.45) is 9.27. The molecule has 136 valence electrons. The van der Waals surface area contributed by atoms with Gasteiger partial charge < -0.3 is 5.32 Å². The summed E-state index contributed by atoms with van der Waals surface area (Å²) >= 11 is 0. The molecule has 0 spiro atoms. The van der Waals surface area contributed by atoms with Gasteiger partial charge in [0.2, 0.25) is 15.9 Å². The van der Waals surface area contributed by atoms with Crippen LogP contribution in [0.4, 0.5) is 5.69 Å². The van der Waals surface area contributed by atoms with Crippen molar-refractivity contribution >= 4 is 27.7 Å². The maximum Gasteiger partial charge on any atom is 0.248 e. The summed E-state index contributed by atoms with van der Waals surface area (Å²) in [7, 11) is -3.45.